The molecule has 2 aliphatic rings. The van der Waals surface area contributed by atoms with Crippen LogP contribution in [0.3, 0.4) is 0 Å². The van der Waals surface area contributed by atoms with Crippen LogP contribution in [-0.2, 0) is 10.0 Å². The summed E-state index contributed by atoms with van der Waals surface area (Å²) in [6, 6.07) is 6.63. The first-order chi connectivity index (χ1) is 10.9. The van der Waals surface area contributed by atoms with E-state index in [4.69, 9.17) is 0 Å². The number of likely N-dealkylation sites (tertiary alicyclic amines) is 1. The highest BCUT2D eigenvalue weighted by Gasteiger charge is 2.31. The minimum Gasteiger partial charge on any atom is -0.339 e. The average molecular weight is 374 g/mol. The average Bonchev–Trinajstić information content (AvgIpc) is 2.84. The number of hydrogen-bond donors (Lipinski definition) is 2. The molecule has 134 valence electrons. The second-order valence-electron chi connectivity index (χ2n) is 6.50. The van der Waals surface area contributed by atoms with Crippen molar-refractivity contribution >= 4 is 34.0 Å². The monoisotopic (exact) mass is 373 g/mol. The number of fused-ring (bicyclic) bond motifs is 1. The third kappa shape index (κ3) is 4.62. The van der Waals surface area contributed by atoms with Crippen LogP contribution in [0.2, 0.25) is 0 Å². The lowest BCUT2D eigenvalue weighted by atomic mass is 9.92. The fraction of sp³-hybridized carbons (Fsp3) is 0.562. The highest BCUT2D eigenvalue weighted by Crippen LogP contribution is 2.27. The van der Waals surface area contributed by atoms with E-state index in [9.17, 15) is 13.2 Å². The zero-order valence-corrected chi connectivity index (χ0v) is 15.3. The fourth-order valence-corrected chi connectivity index (χ4v) is 4.06. The maximum atomic E-state index is 12.6. The van der Waals surface area contributed by atoms with Crippen molar-refractivity contribution in [1.82, 2.24) is 10.2 Å². The van der Waals surface area contributed by atoms with Gasteiger partial charge in [0.25, 0.3) is 5.91 Å². The number of nitrogens with one attached hydrogen (secondary N) is 2. The Kier molecular flexibility index (Phi) is 6.11. The standard InChI is InChI=1S/C16H23N3O3S.ClH/c1-23(21,22)18-15-4-2-12(3-5-15)16(20)19-8-6-13-10-17-11-14(13)7-9-19;/h2-5,13-14,17-18H,6-11H2,1H3;1H/t13-,14+;. The van der Waals surface area contributed by atoms with Crippen LogP contribution in [0.1, 0.15) is 23.2 Å². The summed E-state index contributed by atoms with van der Waals surface area (Å²) in [5.74, 6) is 1.41. The molecule has 2 atom stereocenters. The molecule has 24 heavy (non-hydrogen) atoms. The Morgan fingerprint density at radius 1 is 1.12 bits per heavy atom. The van der Waals surface area contributed by atoms with Gasteiger partial charge in [0.1, 0.15) is 0 Å². The lowest BCUT2D eigenvalue weighted by Gasteiger charge is -2.21. The Morgan fingerprint density at radius 3 is 2.17 bits per heavy atom. The quantitative estimate of drug-likeness (QED) is 0.842. The van der Waals surface area contributed by atoms with Crippen LogP contribution in [0.25, 0.3) is 0 Å². The number of rotatable bonds is 3. The molecule has 2 N–H and O–H groups in total. The third-order valence-electron chi connectivity index (χ3n) is 4.74. The Balaban J connectivity index is 0.00000208. The summed E-state index contributed by atoms with van der Waals surface area (Å²) in [6.07, 6.45) is 3.21. The van der Waals surface area contributed by atoms with Crippen LogP contribution in [-0.4, -0.2) is 51.7 Å². The summed E-state index contributed by atoms with van der Waals surface area (Å²) in [7, 11) is -3.30. The van der Waals surface area contributed by atoms with E-state index in [1.807, 2.05) is 4.90 Å². The number of halogens is 1. The molecule has 1 amide bonds. The molecule has 1 aromatic rings. The van der Waals surface area contributed by atoms with Crippen molar-refractivity contribution < 1.29 is 13.2 Å². The van der Waals surface area contributed by atoms with Gasteiger partial charge in [-0.05, 0) is 62.0 Å². The van der Waals surface area contributed by atoms with E-state index in [1.165, 1.54) is 0 Å². The van der Waals surface area contributed by atoms with Gasteiger partial charge in [0.2, 0.25) is 10.0 Å². The second-order valence-corrected chi connectivity index (χ2v) is 8.25. The smallest absolute Gasteiger partial charge is 0.253 e. The van der Waals surface area contributed by atoms with Gasteiger partial charge >= 0.3 is 0 Å². The van der Waals surface area contributed by atoms with E-state index in [0.717, 1.165) is 45.3 Å². The van der Waals surface area contributed by atoms with Crippen molar-refractivity contribution in [1.29, 1.82) is 0 Å². The van der Waals surface area contributed by atoms with Gasteiger partial charge in [-0.3, -0.25) is 9.52 Å². The van der Waals surface area contributed by atoms with Gasteiger partial charge in [-0.2, -0.15) is 0 Å². The highest BCUT2D eigenvalue weighted by molar-refractivity contribution is 7.92. The van der Waals surface area contributed by atoms with Crippen molar-refractivity contribution in [2.45, 2.75) is 12.8 Å². The first-order valence-corrected chi connectivity index (χ1v) is 9.89. The predicted octanol–water partition coefficient (Wildman–Crippen LogP) is 1.55. The van der Waals surface area contributed by atoms with Gasteiger partial charge < -0.3 is 10.2 Å². The van der Waals surface area contributed by atoms with Crippen LogP contribution >= 0.6 is 12.4 Å². The van der Waals surface area contributed by atoms with Crippen molar-refractivity contribution in [2.24, 2.45) is 11.8 Å². The number of carbonyl (C=O) groups is 1. The van der Waals surface area contributed by atoms with E-state index in [2.05, 4.69) is 10.0 Å². The summed E-state index contributed by atoms with van der Waals surface area (Å²) in [6.45, 7) is 3.73. The molecule has 0 aromatic heterocycles. The molecule has 0 spiro atoms. The van der Waals surface area contributed by atoms with Crippen LogP contribution in [0.4, 0.5) is 5.69 Å². The number of amides is 1. The summed E-state index contributed by atoms with van der Waals surface area (Å²) < 4.78 is 24.8. The molecular weight excluding hydrogens is 350 g/mol. The molecular formula is C16H24ClN3O3S. The van der Waals surface area contributed by atoms with Gasteiger partial charge in [0, 0.05) is 24.3 Å². The van der Waals surface area contributed by atoms with E-state index in [0.29, 0.717) is 23.1 Å². The van der Waals surface area contributed by atoms with E-state index >= 15 is 0 Å². The summed E-state index contributed by atoms with van der Waals surface area (Å²) >= 11 is 0. The fourth-order valence-electron chi connectivity index (χ4n) is 3.50. The van der Waals surface area contributed by atoms with Gasteiger partial charge in [0.15, 0.2) is 0 Å². The van der Waals surface area contributed by atoms with E-state index in [1.54, 1.807) is 24.3 Å². The van der Waals surface area contributed by atoms with Crippen molar-refractivity contribution in [3.63, 3.8) is 0 Å². The van der Waals surface area contributed by atoms with Crippen LogP contribution in [0.5, 0.6) is 0 Å². The lowest BCUT2D eigenvalue weighted by molar-refractivity contribution is 0.0758. The Hall–Kier alpha value is -1.31. The molecule has 2 fully saturated rings. The molecule has 2 aliphatic heterocycles. The molecule has 0 aliphatic carbocycles. The molecule has 3 rings (SSSR count). The zero-order valence-electron chi connectivity index (χ0n) is 13.7. The third-order valence-corrected chi connectivity index (χ3v) is 5.35. The van der Waals surface area contributed by atoms with Crippen molar-refractivity contribution in [3.05, 3.63) is 29.8 Å². The van der Waals surface area contributed by atoms with Crippen molar-refractivity contribution in [3.8, 4) is 0 Å². The summed E-state index contributed by atoms with van der Waals surface area (Å²) in [5.41, 5.74) is 1.08. The molecule has 2 saturated heterocycles. The van der Waals surface area contributed by atoms with E-state index in [-0.39, 0.29) is 18.3 Å². The SMILES string of the molecule is CS(=O)(=O)Nc1ccc(C(=O)N2CC[C@@H]3CNC[C@@H]3CC2)cc1.Cl. The van der Waals surface area contributed by atoms with Gasteiger partial charge in [0.05, 0.1) is 6.26 Å². The highest BCUT2D eigenvalue weighted by atomic mass is 35.5. The van der Waals surface area contributed by atoms with Gasteiger partial charge in [-0.25, -0.2) is 8.42 Å². The lowest BCUT2D eigenvalue weighted by Crippen LogP contribution is -2.32. The van der Waals surface area contributed by atoms with Crippen LogP contribution in [0.15, 0.2) is 24.3 Å². The summed E-state index contributed by atoms with van der Waals surface area (Å²) in [5, 5.41) is 3.43. The number of sulfonamides is 1. The Morgan fingerprint density at radius 2 is 1.67 bits per heavy atom. The number of anilines is 1. The van der Waals surface area contributed by atoms with Gasteiger partial charge in [-0.15, -0.1) is 12.4 Å². The first-order valence-electron chi connectivity index (χ1n) is 8.00. The van der Waals surface area contributed by atoms with E-state index < -0.39 is 10.0 Å². The molecule has 0 radical (unpaired) electrons. The Bertz CT molecular complexity index is 664. The summed E-state index contributed by atoms with van der Waals surface area (Å²) in [4.78, 5) is 14.6. The molecule has 8 heteroatoms. The minimum atomic E-state index is -3.30. The second kappa shape index (κ2) is 7.72. The molecule has 0 unspecified atom stereocenters. The topological polar surface area (TPSA) is 78.5 Å². The number of carbonyl (C=O) groups excluding carboxylic acids is 1. The zero-order chi connectivity index (χ0) is 16.4. The predicted molar refractivity (Wildman–Crippen MR) is 97.1 cm³/mol. The number of benzene rings is 1. The first kappa shape index (κ1) is 19.0. The van der Waals surface area contributed by atoms with Crippen molar-refractivity contribution in [2.75, 3.05) is 37.2 Å². The van der Waals surface area contributed by atoms with Gasteiger partial charge in [-0.1, -0.05) is 0 Å². The minimum absolute atomic E-state index is 0. The largest absolute Gasteiger partial charge is 0.339 e. The molecule has 6 nitrogen and oxygen atoms in total. The van der Waals surface area contributed by atoms with Crippen LogP contribution < -0.4 is 10.0 Å². The maximum Gasteiger partial charge on any atom is 0.253 e. The maximum absolute atomic E-state index is 12.6. The van der Waals surface area contributed by atoms with Crippen LogP contribution in [0, 0.1) is 11.8 Å². The molecule has 0 bridgehead atoms. The molecule has 2 heterocycles. The number of hydrogen-bond acceptors (Lipinski definition) is 4. The molecule has 0 saturated carbocycles. The Labute approximate surface area is 149 Å². The molecule has 1 aromatic carbocycles. The normalized spacial score (nSPS) is 23.8. The number of nitrogens with zero attached hydrogens (tertiary/aromatic N) is 1.